The first kappa shape index (κ1) is 17.3. The maximum Gasteiger partial charge on any atom is 0.231 e. The fourth-order valence-electron chi connectivity index (χ4n) is 3.64. The monoisotopic (exact) mass is 339 g/mol. The van der Waals surface area contributed by atoms with Crippen LogP contribution in [0.2, 0.25) is 0 Å². The number of carbonyl (C=O) groups is 1. The minimum Gasteiger partial charge on any atom is -0.496 e. The largest absolute Gasteiger partial charge is 0.496 e. The third-order valence-corrected chi connectivity index (χ3v) is 4.91. The van der Waals surface area contributed by atoms with Gasteiger partial charge in [-0.3, -0.25) is 4.79 Å². The van der Waals surface area contributed by atoms with Crippen LogP contribution >= 0.6 is 0 Å². The Bertz CT molecular complexity index is 801. The molecule has 0 radical (unpaired) electrons. The summed E-state index contributed by atoms with van der Waals surface area (Å²) in [5.74, 6) is 1.70. The molecule has 0 aliphatic carbocycles. The summed E-state index contributed by atoms with van der Waals surface area (Å²) in [6, 6.07) is 8.24. The Morgan fingerprint density at radius 1 is 1.08 bits per heavy atom. The number of rotatable bonds is 5. The quantitative estimate of drug-likeness (QED) is 0.821. The maximum atomic E-state index is 12.2. The van der Waals surface area contributed by atoms with Crippen LogP contribution in [0.5, 0.6) is 11.5 Å². The number of hydrogen-bond acceptors (Lipinski definition) is 3. The topological polar surface area (TPSA) is 38.8 Å². The molecule has 3 rings (SSSR count). The average molecular weight is 339 g/mol. The first-order valence-electron chi connectivity index (χ1n) is 8.66. The van der Waals surface area contributed by atoms with Gasteiger partial charge in [0.1, 0.15) is 11.5 Å². The number of benzene rings is 2. The van der Waals surface area contributed by atoms with E-state index in [2.05, 4.69) is 32.0 Å². The lowest BCUT2D eigenvalue weighted by atomic mass is 9.91. The van der Waals surface area contributed by atoms with Crippen LogP contribution in [0, 0.1) is 6.92 Å². The zero-order valence-electron chi connectivity index (χ0n) is 15.6. The van der Waals surface area contributed by atoms with Gasteiger partial charge in [-0.2, -0.15) is 0 Å². The highest BCUT2D eigenvalue weighted by Gasteiger charge is 2.30. The molecule has 0 aromatic heterocycles. The highest BCUT2D eigenvalue weighted by molar-refractivity contribution is 6.04. The molecule has 132 valence electrons. The van der Waals surface area contributed by atoms with Crippen LogP contribution in [0.15, 0.2) is 24.3 Å². The van der Waals surface area contributed by atoms with Crippen molar-refractivity contribution >= 4 is 11.6 Å². The smallest absolute Gasteiger partial charge is 0.231 e. The number of anilines is 1. The van der Waals surface area contributed by atoms with Gasteiger partial charge in [0.15, 0.2) is 0 Å². The molecule has 0 fully saturated rings. The van der Waals surface area contributed by atoms with Crippen molar-refractivity contribution in [2.24, 2.45) is 0 Å². The molecular weight excluding hydrogens is 314 g/mol. The molecule has 0 saturated heterocycles. The zero-order valence-corrected chi connectivity index (χ0v) is 15.6. The Hall–Kier alpha value is -2.49. The first-order chi connectivity index (χ1) is 12.0. The molecule has 1 amide bonds. The van der Waals surface area contributed by atoms with Gasteiger partial charge in [0, 0.05) is 12.7 Å². The SMILES string of the molecule is CCCc1cc(OC)c(-c2c(C)ccc3c2CC(=O)N3C)c(OC)c1. The average Bonchev–Trinajstić information content (AvgIpc) is 2.89. The van der Waals surface area contributed by atoms with Crippen molar-refractivity contribution in [2.75, 3.05) is 26.2 Å². The molecule has 0 unspecified atom stereocenters. The summed E-state index contributed by atoms with van der Waals surface area (Å²) in [7, 11) is 5.19. The summed E-state index contributed by atoms with van der Waals surface area (Å²) < 4.78 is 11.4. The van der Waals surface area contributed by atoms with E-state index < -0.39 is 0 Å². The van der Waals surface area contributed by atoms with Crippen molar-refractivity contribution in [1.29, 1.82) is 0 Å². The second-order valence-corrected chi connectivity index (χ2v) is 6.51. The summed E-state index contributed by atoms with van der Waals surface area (Å²) in [5.41, 5.74) is 6.30. The second-order valence-electron chi connectivity index (χ2n) is 6.51. The molecule has 0 bridgehead atoms. The van der Waals surface area contributed by atoms with Gasteiger partial charge in [-0.15, -0.1) is 0 Å². The molecule has 0 N–H and O–H groups in total. The van der Waals surface area contributed by atoms with Gasteiger partial charge < -0.3 is 14.4 Å². The number of likely N-dealkylation sites (N-methyl/N-ethyl adjacent to an activating group) is 1. The number of fused-ring (bicyclic) bond motifs is 1. The van der Waals surface area contributed by atoms with Crippen LogP contribution in [0.4, 0.5) is 5.69 Å². The van der Waals surface area contributed by atoms with Gasteiger partial charge in [-0.1, -0.05) is 19.4 Å². The fourth-order valence-corrected chi connectivity index (χ4v) is 3.64. The Balaban J connectivity index is 2.29. The number of amides is 1. The number of methoxy groups -OCH3 is 2. The fraction of sp³-hybridized carbons (Fsp3) is 0.381. The van der Waals surface area contributed by atoms with Gasteiger partial charge in [0.2, 0.25) is 5.91 Å². The van der Waals surface area contributed by atoms with Crippen molar-refractivity contribution < 1.29 is 14.3 Å². The van der Waals surface area contributed by atoms with Gasteiger partial charge >= 0.3 is 0 Å². The van der Waals surface area contributed by atoms with E-state index in [0.717, 1.165) is 52.3 Å². The third kappa shape index (κ3) is 2.86. The van der Waals surface area contributed by atoms with Crippen molar-refractivity contribution in [1.82, 2.24) is 0 Å². The van der Waals surface area contributed by atoms with E-state index in [1.54, 1.807) is 19.1 Å². The Kier molecular flexibility index (Phi) is 4.71. The number of hydrogen-bond donors (Lipinski definition) is 0. The minimum atomic E-state index is 0.113. The van der Waals surface area contributed by atoms with E-state index in [1.807, 2.05) is 13.1 Å². The van der Waals surface area contributed by atoms with Crippen LogP contribution in [0.1, 0.15) is 30.0 Å². The maximum absolute atomic E-state index is 12.2. The number of aryl methyl sites for hydroxylation is 2. The van der Waals surface area contributed by atoms with Crippen LogP contribution in [0.25, 0.3) is 11.1 Å². The lowest BCUT2D eigenvalue weighted by molar-refractivity contribution is -0.117. The molecular formula is C21H25NO3. The molecule has 25 heavy (non-hydrogen) atoms. The van der Waals surface area contributed by atoms with Crippen molar-refractivity contribution in [3.8, 4) is 22.6 Å². The highest BCUT2D eigenvalue weighted by atomic mass is 16.5. The van der Waals surface area contributed by atoms with Crippen LogP contribution in [-0.2, 0) is 17.6 Å². The van der Waals surface area contributed by atoms with Gasteiger partial charge in [-0.25, -0.2) is 0 Å². The molecule has 4 nitrogen and oxygen atoms in total. The van der Waals surface area contributed by atoms with Crippen molar-refractivity contribution in [3.63, 3.8) is 0 Å². The minimum absolute atomic E-state index is 0.113. The van der Waals surface area contributed by atoms with E-state index in [9.17, 15) is 4.79 Å². The van der Waals surface area contributed by atoms with Crippen molar-refractivity contribution in [2.45, 2.75) is 33.1 Å². The van der Waals surface area contributed by atoms with Crippen LogP contribution in [0.3, 0.4) is 0 Å². The van der Waals surface area contributed by atoms with E-state index in [4.69, 9.17) is 9.47 Å². The molecule has 1 heterocycles. The summed E-state index contributed by atoms with van der Waals surface area (Å²) >= 11 is 0. The second kappa shape index (κ2) is 6.79. The van der Waals surface area contributed by atoms with Gasteiger partial charge in [-0.05, 0) is 53.8 Å². The summed E-state index contributed by atoms with van der Waals surface area (Å²) in [5, 5.41) is 0. The molecule has 0 saturated carbocycles. The molecule has 0 atom stereocenters. The van der Waals surface area contributed by atoms with E-state index >= 15 is 0 Å². The molecule has 1 aliphatic heterocycles. The zero-order chi connectivity index (χ0) is 18.1. The normalized spacial score (nSPS) is 13.2. The van der Waals surface area contributed by atoms with Crippen LogP contribution < -0.4 is 14.4 Å². The molecule has 0 spiro atoms. The summed E-state index contributed by atoms with van der Waals surface area (Å²) in [6.07, 6.45) is 2.44. The molecule has 4 heteroatoms. The standard InChI is InChI=1S/C21H25NO3/c1-6-7-14-10-17(24-4)21(18(11-14)25-5)20-13(2)8-9-16-15(20)12-19(23)22(16)3/h8-11H,6-7,12H2,1-5H3. The van der Waals surface area contributed by atoms with E-state index in [-0.39, 0.29) is 5.91 Å². The number of ether oxygens (including phenoxy) is 2. The van der Waals surface area contributed by atoms with Crippen LogP contribution in [-0.4, -0.2) is 27.2 Å². The molecule has 2 aromatic rings. The Labute approximate surface area is 149 Å². The predicted octanol–water partition coefficient (Wildman–Crippen LogP) is 4.15. The van der Waals surface area contributed by atoms with Gasteiger partial charge in [0.25, 0.3) is 0 Å². The number of carbonyl (C=O) groups excluding carboxylic acids is 1. The van der Waals surface area contributed by atoms with Crippen molar-refractivity contribution in [3.05, 3.63) is 41.0 Å². The highest BCUT2D eigenvalue weighted by Crippen LogP contribution is 2.46. The predicted molar refractivity (Wildman–Crippen MR) is 101 cm³/mol. The van der Waals surface area contributed by atoms with E-state index in [0.29, 0.717) is 6.42 Å². The summed E-state index contributed by atoms with van der Waals surface area (Å²) in [4.78, 5) is 14.0. The Morgan fingerprint density at radius 2 is 1.72 bits per heavy atom. The molecule has 1 aliphatic rings. The molecule has 2 aromatic carbocycles. The number of nitrogens with zero attached hydrogens (tertiary/aromatic N) is 1. The third-order valence-electron chi connectivity index (χ3n) is 4.91. The Morgan fingerprint density at radius 3 is 2.28 bits per heavy atom. The van der Waals surface area contributed by atoms with E-state index in [1.165, 1.54) is 5.56 Å². The lowest BCUT2D eigenvalue weighted by Gasteiger charge is -2.20. The lowest BCUT2D eigenvalue weighted by Crippen LogP contribution is -2.20. The summed E-state index contributed by atoms with van der Waals surface area (Å²) in [6.45, 7) is 4.22. The van der Waals surface area contributed by atoms with Gasteiger partial charge in [0.05, 0.1) is 26.2 Å². The first-order valence-corrected chi connectivity index (χ1v) is 8.66.